The van der Waals surface area contributed by atoms with Crippen molar-refractivity contribution in [3.63, 3.8) is 0 Å². The third-order valence-electron chi connectivity index (χ3n) is 3.01. The van der Waals surface area contributed by atoms with Crippen molar-refractivity contribution >= 4 is 33.4 Å². The van der Waals surface area contributed by atoms with Gasteiger partial charge in [0, 0.05) is 22.4 Å². The summed E-state index contributed by atoms with van der Waals surface area (Å²) in [7, 11) is 0. The summed E-state index contributed by atoms with van der Waals surface area (Å²) in [5, 5.41) is 1.81. The number of carbonyl (C=O) groups is 1. The highest BCUT2D eigenvalue weighted by Crippen LogP contribution is 2.30. The fourth-order valence-electron chi connectivity index (χ4n) is 2.04. The van der Waals surface area contributed by atoms with Crippen LogP contribution in [0.1, 0.15) is 0 Å². The van der Waals surface area contributed by atoms with Crippen molar-refractivity contribution in [2.75, 3.05) is 5.32 Å². The molecule has 3 aromatic rings. The molecule has 9 heteroatoms. The average molecular weight is 385 g/mol. The van der Waals surface area contributed by atoms with Gasteiger partial charge in [-0.15, -0.1) is 0 Å². The first-order chi connectivity index (χ1) is 10.9. The summed E-state index contributed by atoms with van der Waals surface area (Å²) in [6.07, 6.45) is -1.93. The van der Waals surface area contributed by atoms with Crippen molar-refractivity contribution in [3.8, 4) is 11.3 Å². The summed E-state index contributed by atoms with van der Waals surface area (Å²) in [6.45, 7) is 0. The molecule has 0 aliphatic heterocycles. The zero-order chi connectivity index (χ0) is 16.6. The van der Waals surface area contributed by atoms with Gasteiger partial charge in [0.05, 0.1) is 5.69 Å². The van der Waals surface area contributed by atoms with E-state index in [1.165, 1.54) is 10.6 Å². The van der Waals surface area contributed by atoms with Gasteiger partial charge in [0.25, 0.3) is 0 Å². The maximum atomic E-state index is 12.5. The van der Waals surface area contributed by atoms with Crippen molar-refractivity contribution in [2.45, 2.75) is 6.18 Å². The molecule has 23 heavy (non-hydrogen) atoms. The van der Waals surface area contributed by atoms with Crippen LogP contribution in [0.25, 0.3) is 17.0 Å². The summed E-state index contributed by atoms with van der Waals surface area (Å²) in [5.41, 5.74) is 0.907. The van der Waals surface area contributed by atoms with Crippen LogP contribution in [-0.2, 0) is 4.79 Å². The standard InChI is InChI=1S/C14H8BrF3N4O/c15-9-4-2-8(3-5-9)10-11(20-12(23)14(16,17)18)21-13-19-6-1-7-22(10)13/h1-7H,(H,20,23). The Hall–Kier alpha value is -2.42. The lowest BCUT2D eigenvalue weighted by Gasteiger charge is -2.08. The molecule has 1 N–H and O–H groups in total. The lowest BCUT2D eigenvalue weighted by atomic mass is 10.1. The Labute approximate surface area is 136 Å². The van der Waals surface area contributed by atoms with Gasteiger partial charge in [-0.2, -0.15) is 18.2 Å². The van der Waals surface area contributed by atoms with Gasteiger partial charge in [0.15, 0.2) is 5.82 Å². The number of fused-ring (bicyclic) bond motifs is 1. The van der Waals surface area contributed by atoms with Crippen LogP contribution in [0, 0.1) is 0 Å². The van der Waals surface area contributed by atoms with Crippen LogP contribution in [0.3, 0.4) is 0 Å². The highest BCUT2D eigenvalue weighted by atomic mass is 79.9. The number of alkyl halides is 3. The van der Waals surface area contributed by atoms with Crippen molar-refractivity contribution in [1.82, 2.24) is 14.4 Å². The number of anilines is 1. The van der Waals surface area contributed by atoms with Gasteiger partial charge in [-0.1, -0.05) is 28.1 Å². The maximum absolute atomic E-state index is 12.5. The first-order valence-electron chi connectivity index (χ1n) is 6.33. The van der Waals surface area contributed by atoms with Crippen molar-refractivity contribution < 1.29 is 18.0 Å². The molecule has 0 aliphatic carbocycles. The van der Waals surface area contributed by atoms with Crippen molar-refractivity contribution in [1.29, 1.82) is 0 Å². The van der Waals surface area contributed by atoms with Crippen LogP contribution < -0.4 is 5.32 Å². The largest absolute Gasteiger partial charge is 0.471 e. The number of carbonyl (C=O) groups excluding carboxylic acids is 1. The SMILES string of the molecule is O=C(Nc1nc2ncccn2c1-c1ccc(Br)cc1)C(F)(F)F. The van der Waals surface area contributed by atoms with Gasteiger partial charge in [-0.25, -0.2) is 4.98 Å². The maximum Gasteiger partial charge on any atom is 0.471 e. The monoisotopic (exact) mass is 384 g/mol. The van der Waals surface area contributed by atoms with Gasteiger partial charge in [0.2, 0.25) is 5.78 Å². The molecule has 0 fully saturated rings. The molecule has 118 valence electrons. The zero-order valence-corrected chi connectivity index (χ0v) is 12.9. The fourth-order valence-corrected chi connectivity index (χ4v) is 2.30. The molecule has 0 bridgehead atoms. The van der Waals surface area contributed by atoms with Gasteiger partial charge in [-0.3, -0.25) is 9.20 Å². The van der Waals surface area contributed by atoms with E-state index in [4.69, 9.17) is 0 Å². The number of aromatic nitrogens is 3. The minimum absolute atomic E-state index is 0.183. The second-order valence-corrected chi connectivity index (χ2v) is 5.47. The average Bonchev–Trinajstić information content (AvgIpc) is 2.85. The number of hydrogen-bond acceptors (Lipinski definition) is 3. The molecule has 2 aromatic heterocycles. The van der Waals surface area contributed by atoms with E-state index in [1.54, 1.807) is 41.8 Å². The molecule has 0 saturated carbocycles. The van der Waals surface area contributed by atoms with E-state index in [-0.39, 0.29) is 11.6 Å². The number of rotatable bonds is 2. The highest BCUT2D eigenvalue weighted by Gasteiger charge is 2.39. The summed E-state index contributed by atoms with van der Waals surface area (Å²) >= 11 is 3.29. The third kappa shape index (κ3) is 3.04. The van der Waals surface area contributed by atoms with Crippen molar-refractivity contribution in [2.24, 2.45) is 0 Å². The van der Waals surface area contributed by atoms with Gasteiger partial charge in [-0.05, 0) is 18.2 Å². The molecular formula is C14H8BrF3N4O. The number of hydrogen-bond donors (Lipinski definition) is 1. The quantitative estimate of drug-likeness (QED) is 0.733. The molecule has 3 rings (SSSR count). The van der Waals surface area contributed by atoms with Crippen LogP contribution >= 0.6 is 15.9 Å². The van der Waals surface area contributed by atoms with E-state index in [0.717, 1.165) is 4.47 Å². The number of nitrogens with one attached hydrogen (secondary N) is 1. The van der Waals surface area contributed by atoms with Crippen LogP contribution in [0.15, 0.2) is 47.2 Å². The lowest BCUT2D eigenvalue weighted by molar-refractivity contribution is -0.167. The Morgan fingerprint density at radius 1 is 1.22 bits per heavy atom. The van der Waals surface area contributed by atoms with Crippen LogP contribution in [0.5, 0.6) is 0 Å². The molecule has 0 saturated heterocycles. The van der Waals surface area contributed by atoms with E-state index < -0.39 is 12.1 Å². The molecular weight excluding hydrogens is 377 g/mol. The zero-order valence-electron chi connectivity index (χ0n) is 11.3. The first-order valence-corrected chi connectivity index (χ1v) is 7.13. The number of imidazole rings is 1. The molecule has 0 spiro atoms. The van der Waals surface area contributed by atoms with Crippen LogP contribution in [0.2, 0.25) is 0 Å². The van der Waals surface area contributed by atoms with Gasteiger partial charge in [0.1, 0.15) is 0 Å². The molecule has 5 nitrogen and oxygen atoms in total. The minimum atomic E-state index is -5.00. The molecule has 0 unspecified atom stereocenters. The molecule has 2 heterocycles. The van der Waals surface area contributed by atoms with E-state index in [0.29, 0.717) is 11.3 Å². The highest BCUT2D eigenvalue weighted by molar-refractivity contribution is 9.10. The van der Waals surface area contributed by atoms with Crippen LogP contribution in [-0.4, -0.2) is 26.5 Å². The molecule has 0 aliphatic rings. The van der Waals surface area contributed by atoms with E-state index in [9.17, 15) is 18.0 Å². The number of benzene rings is 1. The number of nitrogens with zero attached hydrogens (tertiary/aromatic N) is 3. The Kier molecular flexibility index (Phi) is 3.80. The smallest absolute Gasteiger partial charge is 0.301 e. The summed E-state index contributed by atoms with van der Waals surface area (Å²) in [4.78, 5) is 19.2. The third-order valence-corrected chi connectivity index (χ3v) is 3.54. The predicted octanol–water partition coefficient (Wildman–Crippen LogP) is 3.66. The molecule has 0 radical (unpaired) electrons. The van der Waals surface area contributed by atoms with Crippen LogP contribution in [0.4, 0.5) is 19.0 Å². The van der Waals surface area contributed by atoms with E-state index >= 15 is 0 Å². The summed E-state index contributed by atoms with van der Waals surface area (Å²) in [5.74, 6) is -2.10. The topological polar surface area (TPSA) is 59.3 Å². The summed E-state index contributed by atoms with van der Waals surface area (Å²) < 4.78 is 39.8. The Morgan fingerprint density at radius 2 is 1.91 bits per heavy atom. The fraction of sp³-hybridized carbons (Fsp3) is 0.0714. The Bertz CT molecular complexity index is 874. The minimum Gasteiger partial charge on any atom is -0.301 e. The molecule has 1 aromatic carbocycles. The number of halogens is 4. The van der Waals surface area contributed by atoms with E-state index in [1.807, 2.05) is 0 Å². The van der Waals surface area contributed by atoms with Gasteiger partial charge >= 0.3 is 12.1 Å². The van der Waals surface area contributed by atoms with Gasteiger partial charge < -0.3 is 5.32 Å². The Balaban J connectivity index is 2.15. The molecule has 1 amide bonds. The second kappa shape index (κ2) is 5.65. The Morgan fingerprint density at radius 3 is 2.57 bits per heavy atom. The normalized spacial score (nSPS) is 11.7. The second-order valence-electron chi connectivity index (χ2n) is 4.56. The predicted molar refractivity (Wildman–Crippen MR) is 80.8 cm³/mol. The van der Waals surface area contributed by atoms with Crippen molar-refractivity contribution in [3.05, 3.63) is 47.2 Å². The first kappa shape index (κ1) is 15.5. The van der Waals surface area contributed by atoms with E-state index in [2.05, 4.69) is 25.9 Å². The molecule has 0 atom stereocenters. The summed E-state index contributed by atoms with van der Waals surface area (Å²) in [6, 6.07) is 8.49. The lowest BCUT2D eigenvalue weighted by Crippen LogP contribution is -2.30. The number of amides is 1.